The second-order valence-electron chi connectivity index (χ2n) is 4.01. The number of aliphatic hydroxyl groups excluding tert-OH is 1. The quantitative estimate of drug-likeness (QED) is 0.452. The summed E-state index contributed by atoms with van der Waals surface area (Å²) in [6.07, 6.45) is 0.957. The van der Waals surface area contributed by atoms with E-state index in [9.17, 15) is 10.1 Å². The molecule has 0 radical (unpaired) electrons. The molecule has 0 aromatic heterocycles. The average molecular weight is 270 g/mol. The smallest absolute Gasteiger partial charge is 0.272 e. The number of benzene rings is 1. The number of nitro groups is 1. The molecule has 1 rings (SSSR count). The standard InChI is InChI=1S/C12H18N2O3S/c1-3-4-13-10-5-11(14(16)17)7-12(6-10)18-9(2)8-15/h5-7,9,13,15H,3-4,8H2,1-2H3. The molecule has 5 nitrogen and oxygen atoms in total. The molecule has 0 fully saturated rings. The monoisotopic (exact) mass is 270 g/mol. The summed E-state index contributed by atoms with van der Waals surface area (Å²) in [7, 11) is 0. The van der Waals surface area contributed by atoms with Gasteiger partial charge in [0.25, 0.3) is 5.69 Å². The minimum Gasteiger partial charge on any atom is -0.395 e. The van der Waals surface area contributed by atoms with Crippen molar-refractivity contribution in [3.8, 4) is 0 Å². The van der Waals surface area contributed by atoms with Crippen molar-refractivity contribution in [3.05, 3.63) is 28.3 Å². The molecule has 0 heterocycles. The highest BCUT2D eigenvalue weighted by atomic mass is 32.2. The highest BCUT2D eigenvalue weighted by Crippen LogP contribution is 2.30. The molecule has 6 heteroatoms. The van der Waals surface area contributed by atoms with Crippen molar-refractivity contribution in [2.75, 3.05) is 18.5 Å². The van der Waals surface area contributed by atoms with Gasteiger partial charge in [-0.1, -0.05) is 13.8 Å². The number of hydrogen-bond donors (Lipinski definition) is 2. The minimum atomic E-state index is -0.398. The Morgan fingerprint density at radius 1 is 1.50 bits per heavy atom. The van der Waals surface area contributed by atoms with E-state index in [-0.39, 0.29) is 17.5 Å². The van der Waals surface area contributed by atoms with Gasteiger partial charge in [-0.3, -0.25) is 10.1 Å². The molecule has 18 heavy (non-hydrogen) atoms. The van der Waals surface area contributed by atoms with Crippen LogP contribution in [0.15, 0.2) is 23.1 Å². The molecular weight excluding hydrogens is 252 g/mol. The van der Waals surface area contributed by atoms with Gasteiger partial charge in [0, 0.05) is 34.5 Å². The fraction of sp³-hybridized carbons (Fsp3) is 0.500. The van der Waals surface area contributed by atoms with Crippen LogP contribution in [-0.2, 0) is 0 Å². The van der Waals surface area contributed by atoms with E-state index in [4.69, 9.17) is 5.11 Å². The third-order valence-electron chi connectivity index (χ3n) is 2.28. The lowest BCUT2D eigenvalue weighted by molar-refractivity contribution is -0.385. The van der Waals surface area contributed by atoms with Crippen LogP contribution in [0.3, 0.4) is 0 Å². The molecule has 1 atom stereocenters. The van der Waals surface area contributed by atoms with Gasteiger partial charge in [-0.2, -0.15) is 0 Å². The third-order valence-corrected chi connectivity index (χ3v) is 3.33. The molecule has 1 aromatic rings. The number of aliphatic hydroxyl groups is 1. The van der Waals surface area contributed by atoms with Crippen LogP contribution in [-0.4, -0.2) is 28.4 Å². The number of anilines is 1. The van der Waals surface area contributed by atoms with Gasteiger partial charge in [-0.25, -0.2) is 0 Å². The second-order valence-corrected chi connectivity index (χ2v) is 5.52. The maximum absolute atomic E-state index is 10.9. The van der Waals surface area contributed by atoms with Crippen LogP contribution in [0, 0.1) is 10.1 Å². The van der Waals surface area contributed by atoms with E-state index >= 15 is 0 Å². The van der Waals surface area contributed by atoms with Crippen molar-refractivity contribution in [3.63, 3.8) is 0 Å². The maximum atomic E-state index is 10.9. The molecular formula is C12H18N2O3S. The van der Waals surface area contributed by atoms with Crippen molar-refractivity contribution in [1.29, 1.82) is 0 Å². The summed E-state index contributed by atoms with van der Waals surface area (Å²) in [5.74, 6) is 0. The molecule has 0 saturated carbocycles. The maximum Gasteiger partial charge on any atom is 0.272 e. The average Bonchev–Trinajstić information content (AvgIpc) is 2.35. The van der Waals surface area contributed by atoms with E-state index in [2.05, 4.69) is 5.32 Å². The zero-order valence-corrected chi connectivity index (χ0v) is 11.4. The highest BCUT2D eigenvalue weighted by Gasteiger charge is 2.12. The number of non-ortho nitro benzene ring substituents is 1. The van der Waals surface area contributed by atoms with Gasteiger partial charge in [0.1, 0.15) is 0 Å². The van der Waals surface area contributed by atoms with Gasteiger partial charge in [0.05, 0.1) is 11.5 Å². The van der Waals surface area contributed by atoms with Crippen LogP contribution in [0.2, 0.25) is 0 Å². The lowest BCUT2D eigenvalue weighted by Gasteiger charge is -2.10. The van der Waals surface area contributed by atoms with E-state index in [1.807, 2.05) is 19.9 Å². The molecule has 0 amide bonds. The molecule has 0 aliphatic carbocycles. The fourth-order valence-corrected chi connectivity index (χ4v) is 2.32. The van der Waals surface area contributed by atoms with Crippen molar-refractivity contribution < 1.29 is 10.0 Å². The predicted molar refractivity (Wildman–Crippen MR) is 74.3 cm³/mol. The largest absolute Gasteiger partial charge is 0.395 e. The van der Waals surface area contributed by atoms with E-state index in [1.54, 1.807) is 0 Å². The predicted octanol–water partition coefficient (Wildman–Crippen LogP) is 2.89. The zero-order chi connectivity index (χ0) is 13.5. The van der Waals surface area contributed by atoms with Gasteiger partial charge in [-0.15, -0.1) is 11.8 Å². The second kappa shape index (κ2) is 7.23. The summed E-state index contributed by atoms with van der Waals surface area (Å²) < 4.78 is 0. The molecule has 0 aliphatic heterocycles. The van der Waals surface area contributed by atoms with E-state index in [0.717, 1.165) is 23.5 Å². The van der Waals surface area contributed by atoms with Crippen molar-refractivity contribution in [2.24, 2.45) is 0 Å². The summed E-state index contributed by atoms with van der Waals surface area (Å²) in [6.45, 7) is 4.74. The number of nitrogens with one attached hydrogen (secondary N) is 1. The molecule has 0 bridgehead atoms. The van der Waals surface area contributed by atoms with Gasteiger partial charge in [-0.05, 0) is 12.5 Å². The van der Waals surface area contributed by atoms with Crippen LogP contribution in [0.25, 0.3) is 0 Å². The van der Waals surface area contributed by atoms with E-state index < -0.39 is 4.92 Å². The third kappa shape index (κ3) is 4.54. The normalized spacial score (nSPS) is 12.2. The first-order valence-electron chi connectivity index (χ1n) is 5.87. The number of hydrogen-bond acceptors (Lipinski definition) is 5. The van der Waals surface area contributed by atoms with Crippen LogP contribution in [0.5, 0.6) is 0 Å². The van der Waals surface area contributed by atoms with Crippen LogP contribution >= 0.6 is 11.8 Å². The Morgan fingerprint density at radius 3 is 2.78 bits per heavy atom. The summed E-state index contributed by atoms with van der Waals surface area (Å²) >= 11 is 1.43. The van der Waals surface area contributed by atoms with Crippen LogP contribution in [0.1, 0.15) is 20.3 Å². The Hall–Kier alpha value is -1.27. The van der Waals surface area contributed by atoms with Gasteiger partial charge in [0.15, 0.2) is 0 Å². The van der Waals surface area contributed by atoms with Crippen LogP contribution in [0.4, 0.5) is 11.4 Å². The fourth-order valence-electron chi connectivity index (χ4n) is 1.40. The number of nitro benzene ring substituents is 1. The van der Waals surface area contributed by atoms with Crippen molar-refractivity contribution in [1.82, 2.24) is 0 Å². The number of rotatable bonds is 7. The SMILES string of the molecule is CCCNc1cc(SC(C)CO)cc([N+](=O)[O-])c1. The van der Waals surface area contributed by atoms with Crippen LogP contribution < -0.4 is 5.32 Å². The molecule has 2 N–H and O–H groups in total. The lowest BCUT2D eigenvalue weighted by atomic mass is 10.2. The molecule has 1 aromatic carbocycles. The Bertz CT molecular complexity index is 412. The summed E-state index contributed by atoms with van der Waals surface area (Å²) in [5, 5.41) is 23.0. The minimum absolute atomic E-state index is 0.0195. The Labute approximate surface area is 111 Å². The molecule has 1 unspecified atom stereocenters. The van der Waals surface area contributed by atoms with E-state index in [1.165, 1.54) is 23.9 Å². The first-order chi connectivity index (χ1) is 8.56. The first kappa shape index (κ1) is 14.8. The van der Waals surface area contributed by atoms with Crippen molar-refractivity contribution >= 4 is 23.1 Å². The summed E-state index contributed by atoms with van der Waals surface area (Å²) in [5.41, 5.74) is 0.822. The molecule has 0 saturated heterocycles. The number of nitrogens with zero attached hydrogens (tertiary/aromatic N) is 1. The Balaban J connectivity index is 2.94. The Morgan fingerprint density at radius 2 is 2.22 bits per heavy atom. The zero-order valence-electron chi connectivity index (χ0n) is 10.5. The molecule has 100 valence electrons. The number of thioether (sulfide) groups is 1. The Kier molecular flexibility index (Phi) is 5.94. The van der Waals surface area contributed by atoms with E-state index in [0.29, 0.717) is 0 Å². The van der Waals surface area contributed by atoms with Gasteiger partial charge in [0.2, 0.25) is 0 Å². The first-order valence-corrected chi connectivity index (χ1v) is 6.75. The summed E-state index contributed by atoms with van der Waals surface area (Å²) in [6, 6.07) is 4.94. The topological polar surface area (TPSA) is 75.4 Å². The summed E-state index contributed by atoms with van der Waals surface area (Å²) in [4.78, 5) is 11.3. The van der Waals surface area contributed by atoms with Gasteiger partial charge < -0.3 is 10.4 Å². The van der Waals surface area contributed by atoms with Crippen molar-refractivity contribution in [2.45, 2.75) is 30.4 Å². The molecule has 0 spiro atoms. The van der Waals surface area contributed by atoms with Gasteiger partial charge >= 0.3 is 0 Å². The lowest BCUT2D eigenvalue weighted by Crippen LogP contribution is -2.03. The molecule has 0 aliphatic rings. The highest BCUT2D eigenvalue weighted by molar-refractivity contribution is 8.00.